The first-order valence-corrected chi connectivity index (χ1v) is 5.78. The molecule has 0 unspecified atom stereocenters. The Morgan fingerprint density at radius 1 is 1.39 bits per heavy atom. The summed E-state index contributed by atoms with van der Waals surface area (Å²) in [7, 11) is 0. The van der Waals surface area contributed by atoms with Crippen molar-refractivity contribution < 1.29 is 14.0 Å². The van der Waals surface area contributed by atoms with Gasteiger partial charge in [0.2, 0.25) is 11.8 Å². The standard InChI is InChI=1S/C13H17FN2O2/c1-9(16-10(2)17)13(18)15-7-6-11-4-3-5-12(14)8-11/h3-5,8-9H,6-7H2,1-2H3,(H,15,18)(H,16,17)/t9-/m1/s1. The number of nitrogens with one attached hydrogen (secondary N) is 2. The normalized spacial score (nSPS) is 11.7. The molecule has 1 aromatic rings. The van der Waals surface area contributed by atoms with E-state index in [-0.39, 0.29) is 17.6 Å². The molecule has 2 N–H and O–H groups in total. The maximum atomic E-state index is 12.9. The molecular formula is C13H17FN2O2. The van der Waals surface area contributed by atoms with Crippen LogP contribution in [0.3, 0.4) is 0 Å². The maximum Gasteiger partial charge on any atom is 0.242 e. The van der Waals surface area contributed by atoms with Gasteiger partial charge in [-0.25, -0.2) is 4.39 Å². The average Bonchev–Trinajstić information content (AvgIpc) is 2.28. The summed E-state index contributed by atoms with van der Waals surface area (Å²) >= 11 is 0. The second-order valence-electron chi connectivity index (χ2n) is 4.09. The quantitative estimate of drug-likeness (QED) is 0.821. The highest BCUT2D eigenvalue weighted by Gasteiger charge is 2.12. The van der Waals surface area contributed by atoms with Crippen LogP contribution in [0.4, 0.5) is 4.39 Å². The zero-order valence-electron chi connectivity index (χ0n) is 10.5. The van der Waals surface area contributed by atoms with Crippen LogP contribution in [0, 0.1) is 5.82 Å². The molecule has 0 spiro atoms. The summed E-state index contributed by atoms with van der Waals surface area (Å²) in [4.78, 5) is 22.3. The van der Waals surface area contributed by atoms with Crippen molar-refractivity contribution in [1.29, 1.82) is 0 Å². The SMILES string of the molecule is CC(=O)N[C@H](C)C(=O)NCCc1cccc(F)c1. The Hall–Kier alpha value is -1.91. The van der Waals surface area contributed by atoms with Gasteiger partial charge < -0.3 is 10.6 Å². The van der Waals surface area contributed by atoms with Gasteiger partial charge in [0, 0.05) is 13.5 Å². The molecule has 0 radical (unpaired) electrons. The third-order valence-electron chi connectivity index (χ3n) is 2.41. The monoisotopic (exact) mass is 252 g/mol. The van der Waals surface area contributed by atoms with Crippen molar-refractivity contribution >= 4 is 11.8 Å². The lowest BCUT2D eigenvalue weighted by Gasteiger charge is -2.12. The first-order chi connectivity index (χ1) is 8.49. The van der Waals surface area contributed by atoms with Gasteiger partial charge in [0.05, 0.1) is 0 Å². The van der Waals surface area contributed by atoms with E-state index in [1.165, 1.54) is 19.1 Å². The van der Waals surface area contributed by atoms with Crippen molar-refractivity contribution in [1.82, 2.24) is 10.6 Å². The van der Waals surface area contributed by atoms with Crippen LogP contribution in [0.5, 0.6) is 0 Å². The van der Waals surface area contributed by atoms with Crippen molar-refractivity contribution in [3.05, 3.63) is 35.6 Å². The van der Waals surface area contributed by atoms with E-state index in [9.17, 15) is 14.0 Å². The predicted octanol–water partition coefficient (Wildman–Crippen LogP) is 1.01. The van der Waals surface area contributed by atoms with Gasteiger partial charge in [-0.05, 0) is 31.0 Å². The van der Waals surface area contributed by atoms with Gasteiger partial charge in [0.1, 0.15) is 11.9 Å². The molecule has 4 nitrogen and oxygen atoms in total. The molecule has 0 bridgehead atoms. The Morgan fingerprint density at radius 2 is 2.11 bits per heavy atom. The third kappa shape index (κ3) is 4.95. The number of carbonyl (C=O) groups is 2. The van der Waals surface area contributed by atoms with Crippen LogP contribution in [-0.2, 0) is 16.0 Å². The number of carbonyl (C=O) groups excluding carboxylic acids is 2. The van der Waals surface area contributed by atoms with Crippen LogP contribution >= 0.6 is 0 Å². The maximum absolute atomic E-state index is 12.9. The third-order valence-corrected chi connectivity index (χ3v) is 2.41. The first kappa shape index (κ1) is 14.2. The largest absolute Gasteiger partial charge is 0.354 e. The molecule has 0 fully saturated rings. The van der Waals surface area contributed by atoms with Gasteiger partial charge in [-0.15, -0.1) is 0 Å². The minimum Gasteiger partial charge on any atom is -0.354 e. The molecule has 0 heterocycles. The molecule has 0 saturated heterocycles. The Kier molecular flexibility index (Phi) is 5.30. The van der Waals surface area contributed by atoms with Crippen LogP contribution < -0.4 is 10.6 Å². The highest BCUT2D eigenvalue weighted by Crippen LogP contribution is 2.03. The number of benzene rings is 1. The second kappa shape index (κ2) is 6.74. The smallest absolute Gasteiger partial charge is 0.242 e. The number of rotatable bonds is 5. The number of amides is 2. The fourth-order valence-electron chi connectivity index (χ4n) is 1.55. The van der Waals surface area contributed by atoms with Crippen LogP contribution in [0.25, 0.3) is 0 Å². The van der Waals surface area contributed by atoms with E-state index in [0.29, 0.717) is 13.0 Å². The molecular weight excluding hydrogens is 235 g/mol. The first-order valence-electron chi connectivity index (χ1n) is 5.78. The van der Waals surface area contributed by atoms with Crippen LogP contribution in [-0.4, -0.2) is 24.4 Å². The summed E-state index contributed by atoms with van der Waals surface area (Å²) < 4.78 is 12.9. The van der Waals surface area contributed by atoms with Gasteiger partial charge >= 0.3 is 0 Å². The van der Waals surface area contributed by atoms with Gasteiger partial charge in [-0.3, -0.25) is 9.59 Å². The molecule has 0 aliphatic heterocycles. The van der Waals surface area contributed by atoms with Crippen LogP contribution in [0.15, 0.2) is 24.3 Å². The summed E-state index contributed by atoms with van der Waals surface area (Å²) in [5.41, 5.74) is 0.822. The topological polar surface area (TPSA) is 58.2 Å². The fraction of sp³-hybridized carbons (Fsp3) is 0.385. The summed E-state index contributed by atoms with van der Waals surface area (Å²) in [5.74, 6) is -0.783. The molecule has 5 heteroatoms. The lowest BCUT2D eigenvalue weighted by Crippen LogP contribution is -2.44. The zero-order chi connectivity index (χ0) is 13.5. The highest BCUT2D eigenvalue weighted by atomic mass is 19.1. The van der Waals surface area contributed by atoms with Gasteiger partial charge in [-0.1, -0.05) is 12.1 Å². The van der Waals surface area contributed by atoms with E-state index >= 15 is 0 Å². The van der Waals surface area contributed by atoms with Gasteiger partial charge in [-0.2, -0.15) is 0 Å². The van der Waals surface area contributed by atoms with Crippen molar-refractivity contribution in [3.63, 3.8) is 0 Å². The van der Waals surface area contributed by atoms with E-state index < -0.39 is 6.04 Å². The van der Waals surface area contributed by atoms with E-state index in [4.69, 9.17) is 0 Å². The van der Waals surface area contributed by atoms with Crippen LogP contribution in [0.2, 0.25) is 0 Å². The number of hydrogen-bond donors (Lipinski definition) is 2. The molecule has 1 rings (SSSR count). The lowest BCUT2D eigenvalue weighted by atomic mass is 10.1. The minimum atomic E-state index is -0.560. The summed E-state index contributed by atoms with van der Waals surface area (Å²) in [5, 5.41) is 5.17. The second-order valence-corrected chi connectivity index (χ2v) is 4.09. The molecule has 98 valence electrons. The van der Waals surface area contributed by atoms with Crippen molar-refractivity contribution in [2.75, 3.05) is 6.54 Å². The van der Waals surface area contributed by atoms with Crippen LogP contribution in [0.1, 0.15) is 19.4 Å². The fourth-order valence-corrected chi connectivity index (χ4v) is 1.55. The Balaban J connectivity index is 2.33. The molecule has 18 heavy (non-hydrogen) atoms. The average molecular weight is 252 g/mol. The van der Waals surface area contributed by atoms with E-state index in [0.717, 1.165) is 5.56 Å². The van der Waals surface area contributed by atoms with E-state index in [1.807, 2.05) is 0 Å². The Labute approximate surface area is 106 Å². The summed E-state index contributed by atoms with van der Waals surface area (Å²) in [6.07, 6.45) is 0.552. The van der Waals surface area contributed by atoms with E-state index in [2.05, 4.69) is 10.6 Å². The molecule has 0 aliphatic rings. The van der Waals surface area contributed by atoms with Crippen molar-refractivity contribution in [2.45, 2.75) is 26.3 Å². The molecule has 0 aromatic heterocycles. The lowest BCUT2D eigenvalue weighted by molar-refractivity contribution is -0.127. The highest BCUT2D eigenvalue weighted by molar-refractivity contribution is 5.86. The Bertz CT molecular complexity index is 435. The number of hydrogen-bond acceptors (Lipinski definition) is 2. The van der Waals surface area contributed by atoms with Crippen molar-refractivity contribution in [3.8, 4) is 0 Å². The zero-order valence-corrected chi connectivity index (χ0v) is 10.5. The van der Waals surface area contributed by atoms with E-state index in [1.54, 1.807) is 19.1 Å². The predicted molar refractivity (Wildman–Crippen MR) is 66.4 cm³/mol. The molecule has 0 aliphatic carbocycles. The minimum absolute atomic E-state index is 0.247. The van der Waals surface area contributed by atoms with Crippen molar-refractivity contribution in [2.24, 2.45) is 0 Å². The molecule has 1 atom stereocenters. The summed E-state index contributed by atoms with van der Waals surface area (Å²) in [6.45, 7) is 3.38. The molecule has 1 aromatic carbocycles. The van der Waals surface area contributed by atoms with Gasteiger partial charge in [0.25, 0.3) is 0 Å². The van der Waals surface area contributed by atoms with Gasteiger partial charge in [0.15, 0.2) is 0 Å². The number of halogens is 1. The molecule has 0 saturated carbocycles. The molecule has 2 amide bonds. The Morgan fingerprint density at radius 3 is 2.72 bits per heavy atom. The summed E-state index contributed by atoms with van der Waals surface area (Å²) in [6, 6.07) is 5.68.